The van der Waals surface area contributed by atoms with Crippen molar-refractivity contribution in [2.24, 2.45) is 11.8 Å². The molecule has 98 valence electrons. The number of fused-ring (bicyclic) bond motifs is 1. The average molecular weight is 249 g/mol. The highest BCUT2D eigenvalue weighted by Gasteiger charge is 2.54. The number of aromatic nitrogens is 2. The lowest BCUT2D eigenvalue weighted by molar-refractivity contribution is 0.0734. The zero-order valence-electron chi connectivity index (χ0n) is 10.5. The lowest BCUT2D eigenvalue weighted by atomic mass is 10.0. The first kappa shape index (κ1) is 10.9. The van der Waals surface area contributed by atoms with Crippen LogP contribution in [-0.4, -0.2) is 29.9 Å². The highest BCUT2D eigenvalue weighted by molar-refractivity contribution is 5.15. The van der Waals surface area contributed by atoms with Crippen molar-refractivity contribution in [3.63, 3.8) is 0 Å². The molecule has 3 unspecified atom stereocenters. The third kappa shape index (κ3) is 1.77. The van der Waals surface area contributed by atoms with Gasteiger partial charge in [-0.15, -0.1) is 0 Å². The smallest absolute Gasteiger partial charge is 0.230 e. The van der Waals surface area contributed by atoms with Gasteiger partial charge in [-0.2, -0.15) is 4.98 Å². The molecule has 0 bridgehead atoms. The summed E-state index contributed by atoms with van der Waals surface area (Å²) in [6.45, 7) is 2.29. The molecule has 5 heteroatoms. The van der Waals surface area contributed by atoms with E-state index in [1.807, 2.05) is 0 Å². The molecule has 0 radical (unpaired) electrons. The standard InChI is InChI=1S/C13H19N3O2/c1-2-4-9-8(3-1)11(9)13-15-12(16-18-13)10-7-17-6-5-14-10/h8-11,14H,1-7H2. The molecule has 1 aromatic rings. The topological polar surface area (TPSA) is 60.2 Å². The van der Waals surface area contributed by atoms with E-state index < -0.39 is 0 Å². The number of ether oxygens (including phenoxy) is 1. The second-order valence-corrected chi connectivity index (χ2v) is 5.71. The summed E-state index contributed by atoms with van der Waals surface area (Å²) in [4.78, 5) is 4.60. The molecule has 3 atom stereocenters. The van der Waals surface area contributed by atoms with Crippen molar-refractivity contribution in [2.75, 3.05) is 19.8 Å². The van der Waals surface area contributed by atoms with Gasteiger partial charge in [-0.1, -0.05) is 18.0 Å². The number of hydrogen-bond donors (Lipinski definition) is 1. The SMILES string of the molecule is C1CCC2C(C1)C2c1nc(C2COCCN2)no1. The molecule has 1 N–H and O–H groups in total. The van der Waals surface area contributed by atoms with Crippen LogP contribution in [-0.2, 0) is 4.74 Å². The molecule has 3 aliphatic rings. The van der Waals surface area contributed by atoms with Crippen LogP contribution >= 0.6 is 0 Å². The van der Waals surface area contributed by atoms with E-state index in [2.05, 4.69) is 15.5 Å². The second kappa shape index (κ2) is 4.31. The van der Waals surface area contributed by atoms with Crippen LogP contribution < -0.4 is 5.32 Å². The van der Waals surface area contributed by atoms with Crippen LogP contribution in [0.25, 0.3) is 0 Å². The van der Waals surface area contributed by atoms with Crippen LogP contribution in [0.15, 0.2) is 4.52 Å². The Hall–Kier alpha value is -0.940. The van der Waals surface area contributed by atoms with Crippen molar-refractivity contribution in [3.05, 3.63) is 11.7 Å². The second-order valence-electron chi connectivity index (χ2n) is 5.71. The number of hydrogen-bond acceptors (Lipinski definition) is 5. The van der Waals surface area contributed by atoms with Gasteiger partial charge in [-0.05, 0) is 24.7 Å². The minimum Gasteiger partial charge on any atom is -0.378 e. The molecule has 0 aromatic carbocycles. The molecule has 1 saturated heterocycles. The number of rotatable bonds is 2. The van der Waals surface area contributed by atoms with Crippen LogP contribution in [0.2, 0.25) is 0 Å². The van der Waals surface area contributed by atoms with Crippen molar-refractivity contribution < 1.29 is 9.26 Å². The van der Waals surface area contributed by atoms with Crippen molar-refractivity contribution in [1.29, 1.82) is 0 Å². The van der Waals surface area contributed by atoms with Gasteiger partial charge in [-0.3, -0.25) is 0 Å². The Labute approximate surface area is 106 Å². The fourth-order valence-electron chi connectivity index (χ4n) is 3.61. The molecule has 2 heterocycles. The summed E-state index contributed by atoms with van der Waals surface area (Å²) in [5, 5.41) is 7.49. The summed E-state index contributed by atoms with van der Waals surface area (Å²) in [6, 6.07) is 0.108. The number of nitrogens with zero attached hydrogens (tertiary/aromatic N) is 2. The van der Waals surface area contributed by atoms with Crippen molar-refractivity contribution in [3.8, 4) is 0 Å². The van der Waals surface area contributed by atoms with Crippen LogP contribution in [0.3, 0.4) is 0 Å². The van der Waals surface area contributed by atoms with Gasteiger partial charge in [0.1, 0.15) is 0 Å². The van der Waals surface area contributed by atoms with Gasteiger partial charge in [0.05, 0.1) is 19.3 Å². The van der Waals surface area contributed by atoms with Crippen molar-refractivity contribution >= 4 is 0 Å². The Morgan fingerprint density at radius 1 is 1.17 bits per heavy atom. The molecule has 0 spiro atoms. The Kier molecular flexibility index (Phi) is 2.62. The summed E-state index contributed by atoms with van der Waals surface area (Å²) in [7, 11) is 0. The summed E-state index contributed by atoms with van der Waals surface area (Å²) >= 11 is 0. The summed E-state index contributed by atoms with van der Waals surface area (Å²) in [5.41, 5.74) is 0. The monoisotopic (exact) mass is 249 g/mol. The van der Waals surface area contributed by atoms with E-state index in [1.165, 1.54) is 25.7 Å². The molecule has 18 heavy (non-hydrogen) atoms. The molecule has 4 rings (SSSR count). The Bertz CT molecular complexity index is 416. The fourth-order valence-corrected chi connectivity index (χ4v) is 3.61. The number of nitrogens with one attached hydrogen (secondary N) is 1. The minimum atomic E-state index is 0.108. The maximum absolute atomic E-state index is 5.48. The van der Waals surface area contributed by atoms with Crippen LogP contribution in [0.1, 0.15) is 49.4 Å². The maximum Gasteiger partial charge on any atom is 0.230 e. The predicted octanol–water partition coefficient (Wildman–Crippen LogP) is 1.63. The van der Waals surface area contributed by atoms with Gasteiger partial charge in [0.25, 0.3) is 0 Å². The Balaban J connectivity index is 1.48. The van der Waals surface area contributed by atoms with Gasteiger partial charge in [0, 0.05) is 12.5 Å². The predicted molar refractivity (Wildman–Crippen MR) is 64.0 cm³/mol. The number of morpholine rings is 1. The zero-order valence-corrected chi connectivity index (χ0v) is 10.5. The van der Waals surface area contributed by atoms with Gasteiger partial charge in [0.2, 0.25) is 5.89 Å². The average Bonchev–Trinajstić information content (AvgIpc) is 2.97. The van der Waals surface area contributed by atoms with E-state index in [0.29, 0.717) is 12.5 Å². The Morgan fingerprint density at radius 2 is 2.00 bits per heavy atom. The first-order chi connectivity index (χ1) is 8.93. The molecular weight excluding hydrogens is 230 g/mol. The molecule has 5 nitrogen and oxygen atoms in total. The summed E-state index contributed by atoms with van der Waals surface area (Å²) < 4.78 is 10.9. The van der Waals surface area contributed by atoms with Gasteiger partial charge >= 0.3 is 0 Å². The fraction of sp³-hybridized carbons (Fsp3) is 0.846. The van der Waals surface area contributed by atoms with Gasteiger partial charge in [-0.25, -0.2) is 0 Å². The molecule has 2 aliphatic carbocycles. The lowest BCUT2D eigenvalue weighted by Gasteiger charge is -2.20. The minimum absolute atomic E-state index is 0.108. The zero-order chi connectivity index (χ0) is 11.9. The third-order valence-electron chi connectivity index (χ3n) is 4.63. The van der Waals surface area contributed by atoms with E-state index >= 15 is 0 Å². The first-order valence-corrected chi connectivity index (χ1v) is 7.08. The molecule has 3 fully saturated rings. The van der Waals surface area contributed by atoms with Gasteiger partial charge in [0.15, 0.2) is 5.82 Å². The van der Waals surface area contributed by atoms with E-state index in [1.54, 1.807) is 0 Å². The maximum atomic E-state index is 5.48. The van der Waals surface area contributed by atoms with Gasteiger partial charge < -0.3 is 14.6 Å². The van der Waals surface area contributed by atoms with Crippen LogP contribution in [0.4, 0.5) is 0 Å². The van der Waals surface area contributed by atoms with Crippen LogP contribution in [0.5, 0.6) is 0 Å². The summed E-state index contributed by atoms with van der Waals surface area (Å²) in [6.07, 6.45) is 5.43. The van der Waals surface area contributed by atoms with Crippen molar-refractivity contribution in [1.82, 2.24) is 15.5 Å². The van der Waals surface area contributed by atoms with E-state index in [0.717, 1.165) is 36.7 Å². The Morgan fingerprint density at radius 3 is 2.72 bits per heavy atom. The highest BCUT2D eigenvalue weighted by Crippen LogP contribution is 2.60. The van der Waals surface area contributed by atoms with E-state index in [4.69, 9.17) is 9.26 Å². The van der Waals surface area contributed by atoms with E-state index in [-0.39, 0.29) is 6.04 Å². The molecule has 1 aromatic heterocycles. The van der Waals surface area contributed by atoms with E-state index in [9.17, 15) is 0 Å². The molecule has 0 amide bonds. The summed E-state index contributed by atoms with van der Waals surface area (Å²) in [5.74, 6) is 3.84. The largest absolute Gasteiger partial charge is 0.378 e. The quantitative estimate of drug-likeness (QED) is 0.863. The highest BCUT2D eigenvalue weighted by atomic mass is 16.5. The third-order valence-corrected chi connectivity index (χ3v) is 4.63. The first-order valence-electron chi connectivity index (χ1n) is 7.08. The molecular formula is C13H19N3O2. The lowest BCUT2D eigenvalue weighted by Crippen LogP contribution is -2.35. The molecule has 2 saturated carbocycles. The normalized spacial score (nSPS) is 39.3. The molecule has 1 aliphatic heterocycles. The van der Waals surface area contributed by atoms with Crippen molar-refractivity contribution in [2.45, 2.75) is 37.6 Å². The van der Waals surface area contributed by atoms with Crippen LogP contribution in [0, 0.1) is 11.8 Å².